The summed E-state index contributed by atoms with van der Waals surface area (Å²) in [7, 11) is 0. The van der Waals surface area contributed by atoms with Gasteiger partial charge < -0.3 is 15.1 Å². The van der Waals surface area contributed by atoms with Gasteiger partial charge in [0, 0.05) is 18.8 Å². The summed E-state index contributed by atoms with van der Waals surface area (Å²) >= 11 is 0. The zero-order valence-electron chi connectivity index (χ0n) is 14.3. The minimum absolute atomic E-state index is 0.258. The maximum absolute atomic E-state index is 11.2. The summed E-state index contributed by atoms with van der Waals surface area (Å²) in [5.74, 6) is -1.89. The van der Waals surface area contributed by atoms with E-state index in [1.54, 1.807) is 42.5 Å². The molecule has 0 saturated heterocycles. The molecular weight excluding hydrogens is 318 g/mol. The van der Waals surface area contributed by atoms with Crippen molar-refractivity contribution in [3.63, 3.8) is 0 Å². The predicted molar refractivity (Wildman–Crippen MR) is 97.4 cm³/mol. The average molecular weight is 341 g/mol. The van der Waals surface area contributed by atoms with Crippen molar-refractivity contribution in [2.45, 2.75) is 32.7 Å². The van der Waals surface area contributed by atoms with Crippen molar-refractivity contribution in [2.24, 2.45) is 0 Å². The molecule has 0 radical (unpaired) electrons. The van der Waals surface area contributed by atoms with Gasteiger partial charge in [-0.15, -0.1) is 0 Å². The summed E-state index contributed by atoms with van der Waals surface area (Å²) in [6.07, 6.45) is 3.23. The largest absolute Gasteiger partial charge is 0.478 e. The minimum atomic E-state index is -0.944. The number of anilines is 1. The van der Waals surface area contributed by atoms with Gasteiger partial charge in [0.05, 0.1) is 11.1 Å². The van der Waals surface area contributed by atoms with E-state index >= 15 is 0 Å². The SMILES string of the molecule is CCCCCN(Cc1ccc(C(=O)O)cc1)c1cccc(C(=O)O)c1. The highest BCUT2D eigenvalue weighted by Gasteiger charge is 2.11. The molecule has 2 aromatic carbocycles. The zero-order valence-corrected chi connectivity index (χ0v) is 14.3. The Bertz CT molecular complexity index is 725. The number of carboxylic acids is 2. The Morgan fingerprint density at radius 2 is 1.60 bits per heavy atom. The van der Waals surface area contributed by atoms with Crippen LogP contribution in [0.4, 0.5) is 5.69 Å². The lowest BCUT2D eigenvalue weighted by atomic mass is 10.1. The Balaban J connectivity index is 2.21. The second-order valence-electron chi connectivity index (χ2n) is 5.99. The van der Waals surface area contributed by atoms with Gasteiger partial charge in [-0.05, 0) is 42.3 Å². The van der Waals surface area contributed by atoms with E-state index in [2.05, 4.69) is 11.8 Å². The van der Waals surface area contributed by atoms with Crippen LogP contribution in [-0.4, -0.2) is 28.7 Å². The molecule has 2 rings (SSSR count). The van der Waals surface area contributed by atoms with Crippen molar-refractivity contribution < 1.29 is 19.8 Å². The lowest BCUT2D eigenvalue weighted by Gasteiger charge is -2.25. The molecule has 0 aliphatic rings. The molecule has 132 valence electrons. The first-order valence-electron chi connectivity index (χ1n) is 8.41. The Hall–Kier alpha value is -2.82. The van der Waals surface area contributed by atoms with Crippen LogP contribution in [-0.2, 0) is 6.54 Å². The molecule has 0 atom stereocenters. The van der Waals surface area contributed by atoms with Crippen LogP contribution in [0.1, 0.15) is 52.5 Å². The Kier molecular flexibility index (Phi) is 6.57. The molecule has 0 amide bonds. The summed E-state index contributed by atoms with van der Waals surface area (Å²) < 4.78 is 0. The first-order chi connectivity index (χ1) is 12.0. The highest BCUT2D eigenvalue weighted by Crippen LogP contribution is 2.20. The van der Waals surface area contributed by atoms with E-state index < -0.39 is 11.9 Å². The number of carbonyl (C=O) groups is 2. The monoisotopic (exact) mass is 341 g/mol. The van der Waals surface area contributed by atoms with Crippen molar-refractivity contribution >= 4 is 17.6 Å². The molecule has 0 bridgehead atoms. The summed E-state index contributed by atoms with van der Waals surface area (Å²) in [5, 5.41) is 18.2. The topological polar surface area (TPSA) is 77.8 Å². The summed E-state index contributed by atoms with van der Waals surface area (Å²) in [6.45, 7) is 3.56. The van der Waals surface area contributed by atoms with Gasteiger partial charge in [0.2, 0.25) is 0 Å². The third-order valence-electron chi connectivity index (χ3n) is 4.06. The van der Waals surface area contributed by atoms with Crippen LogP contribution in [0.15, 0.2) is 48.5 Å². The smallest absolute Gasteiger partial charge is 0.335 e. The molecule has 0 unspecified atom stereocenters. The second-order valence-corrected chi connectivity index (χ2v) is 5.99. The molecule has 25 heavy (non-hydrogen) atoms. The molecule has 2 N–H and O–H groups in total. The average Bonchev–Trinajstić information content (AvgIpc) is 2.61. The molecule has 0 heterocycles. The summed E-state index contributed by atoms with van der Waals surface area (Å²) in [6, 6.07) is 13.7. The number of unbranched alkanes of at least 4 members (excludes halogenated alkanes) is 2. The van der Waals surface area contributed by atoms with Crippen molar-refractivity contribution in [1.82, 2.24) is 0 Å². The van der Waals surface area contributed by atoms with Gasteiger partial charge in [-0.3, -0.25) is 0 Å². The number of rotatable bonds is 9. The Morgan fingerprint density at radius 1 is 0.920 bits per heavy atom. The Labute approximate surface area is 147 Å². The molecule has 5 nitrogen and oxygen atoms in total. The van der Waals surface area contributed by atoms with Gasteiger partial charge in [-0.2, -0.15) is 0 Å². The first-order valence-corrected chi connectivity index (χ1v) is 8.41. The van der Waals surface area contributed by atoms with Gasteiger partial charge in [0.15, 0.2) is 0 Å². The first kappa shape index (κ1) is 18.5. The second kappa shape index (κ2) is 8.87. The van der Waals surface area contributed by atoms with Crippen molar-refractivity contribution in [2.75, 3.05) is 11.4 Å². The maximum atomic E-state index is 11.2. The van der Waals surface area contributed by atoms with Crippen LogP contribution in [0.2, 0.25) is 0 Å². The third kappa shape index (κ3) is 5.35. The molecule has 0 aliphatic heterocycles. The molecule has 0 aliphatic carbocycles. The summed E-state index contributed by atoms with van der Waals surface area (Å²) in [4.78, 5) is 24.3. The van der Waals surface area contributed by atoms with Gasteiger partial charge in [0.1, 0.15) is 0 Å². The fourth-order valence-corrected chi connectivity index (χ4v) is 2.66. The highest BCUT2D eigenvalue weighted by molar-refractivity contribution is 5.89. The minimum Gasteiger partial charge on any atom is -0.478 e. The van der Waals surface area contributed by atoms with Crippen molar-refractivity contribution in [3.05, 3.63) is 65.2 Å². The number of hydrogen-bond acceptors (Lipinski definition) is 3. The van der Waals surface area contributed by atoms with E-state index in [1.165, 1.54) is 0 Å². The molecule has 0 aromatic heterocycles. The molecule has 0 saturated carbocycles. The van der Waals surface area contributed by atoms with Gasteiger partial charge in [0.25, 0.3) is 0 Å². The van der Waals surface area contributed by atoms with E-state index in [1.807, 2.05) is 6.07 Å². The van der Waals surface area contributed by atoms with E-state index in [0.29, 0.717) is 6.54 Å². The number of aromatic carboxylic acids is 2. The van der Waals surface area contributed by atoms with Crippen LogP contribution in [0.3, 0.4) is 0 Å². The normalized spacial score (nSPS) is 10.4. The lowest BCUT2D eigenvalue weighted by Crippen LogP contribution is -2.24. The van der Waals surface area contributed by atoms with E-state index in [4.69, 9.17) is 5.11 Å². The van der Waals surface area contributed by atoms with Crippen molar-refractivity contribution in [1.29, 1.82) is 0 Å². The molecule has 5 heteroatoms. The summed E-state index contributed by atoms with van der Waals surface area (Å²) in [5.41, 5.74) is 2.37. The van der Waals surface area contributed by atoms with Crippen LogP contribution in [0, 0.1) is 0 Å². The fourth-order valence-electron chi connectivity index (χ4n) is 2.66. The molecule has 0 spiro atoms. The van der Waals surface area contributed by atoms with Gasteiger partial charge >= 0.3 is 11.9 Å². The van der Waals surface area contributed by atoms with Crippen LogP contribution >= 0.6 is 0 Å². The molecular formula is C20H23NO4. The van der Waals surface area contributed by atoms with Crippen LogP contribution in [0.25, 0.3) is 0 Å². The predicted octanol–water partition coefficient (Wildman–Crippen LogP) is 4.28. The number of benzene rings is 2. The highest BCUT2D eigenvalue weighted by atomic mass is 16.4. The third-order valence-corrected chi connectivity index (χ3v) is 4.06. The number of hydrogen-bond donors (Lipinski definition) is 2. The van der Waals surface area contributed by atoms with Gasteiger partial charge in [-0.1, -0.05) is 38.0 Å². The van der Waals surface area contributed by atoms with Crippen LogP contribution in [0.5, 0.6) is 0 Å². The Morgan fingerprint density at radius 3 is 2.20 bits per heavy atom. The van der Waals surface area contributed by atoms with E-state index in [9.17, 15) is 14.7 Å². The molecule has 0 fully saturated rings. The van der Waals surface area contributed by atoms with Crippen LogP contribution < -0.4 is 4.90 Å². The maximum Gasteiger partial charge on any atom is 0.335 e. The molecule has 2 aromatic rings. The zero-order chi connectivity index (χ0) is 18.2. The quantitative estimate of drug-likeness (QED) is 0.666. The van der Waals surface area contributed by atoms with Crippen molar-refractivity contribution in [3.8, 4) is 0 Å². The number of carboxylic acid groups (broad SMARTS) is 2. The van der Waals surface area contributed by atoms with E-state index in [-0.39, 0.29) is 11.1 Å². The van der Waals surface area contributed by atoms with E-state index in [0.717, 1.165) is 37.1 Å². The van der Waals surface area contributed by atoms with Gasteiger partial charge in [-0.25, -0.2) is 9.59 Å². The fraction of sp³-hybridized carbons (Fsp3) is 0.300. The standard InChI is InChI=1S/C20H23NO4/c1-2-3-4-12-21(18-7-5-6-17(13-18)20(24)25)14-15-8-10-16(11-9-15)19(22)23/h5-11,13H,2-4,12,14H2,1H3,(H,22,23)(H,24,25). The number of nitrogens with zero attached hydrogens (tertiary/aromatic N) is 1. The lowest BCUT2D eigenvalue weighted by molar-refractivity contribution is 0.0686.